The number of aromatic nitrogens is 1. The Morgan fingerprint density at radius 2 is 2.07 bits per heavy atom. The van der Waals surface area contributed by atoms with Gasteiger partial charge in [-0.05, 0) is 42.7 Å². The average molecular weight is 428 g/mol. The van der Waals surface area contributed by atoms with E-state index in [1.165, 1.54) is 4.31 Å². The number of sulfonamides is 1. The van der Waals surface area contributed by atoms with Crippen molar-refractivity contribution in [2.75, 3.05) is 18.4 Å². The number of amides is 1. The van der Waals surface area contributed by atoms with Crippen LogP contribution >= 0.6 is 23.2 Å². The van der Waals surface area contributed by atoms with Crippen molar-refractivity contribution in [2.24, 2.45) is 5.92 Å². The molecule has 1 N–H and O–H groups in total. The second-order valence-electron chi connectivity index (χ2n) is 6.43. The number of hydrogen-bond acceptors (Lipinski definition) is 4. The van der Waals surface area contributed by atoms with E-state index in [1.54, 1.807) is 42.7 Å². The van der Waals surface area contributed by atoms with E-state index in [-0.39, 0.29) is 18.2 Å². The summed E-state index contributed by atoms with van der Waals surface area (Å²) in [5, 5.41) is 3.49. The lowest BCUT2D eigenvalue weighted by atomic mass is 9.99. The third-order valence-corrected chi connectivity index (χ3v) is 6.97. The lowest BCUT2D eigenvalue weighted by Crippen LogP contribution is -2.44. The van der Waals surface area contributed by atoms with Gasteiger partial charge in [0, 0.05) is 19.3 Å². The lowest BCUT2D eigenvalue weighted by molar-refractivity contribution is -0.120. The Balaban J connectivity index is 1.67. The molecule has 1 aliphatic rings. The molecule has 6 nitrogen and oxygen atoms in total. The van der Waals surface area contributed by atoms with Crippen LogP contribution in [0.3, 0.4) is 0 Å². The van der Waals surface area contributed by atoms with E-state index in [0.717, 1.165) is 0 Å². The molecule has 9 heteroatoms. The fourth-order valence-corrected chi connectivity index (χ4v) is 4.94. The number of benzene rings is 1. The molecule has 1 saturated heterocycles. The second-order valence-corrected chi connectivity index (χ2v) is 9.22. The van der Waals surface area contributed by atoms with Gasteiger partial charge in [-0.2, -0.15) is 0 Å². The van der Waals surface area contributed by atoms with E-state index >= 15 is 0 Å². The van der Waals surface area contributed by atoms with Crippen LogP contribution in [0.1, 0.15) is 18.4 Å². The monoisotopic (exact) mass is 427 g/mol. The van der Waals surface area contributed by atoms with Crippen molar-refractivity contribution >= 4 is 44.8 Å². The smallest absolute Gasteiger partial charge is 0.228 e. The van der Waals surface area contributed by atoms with Gasteiger partial charge in [0.05, 0.1) is 33.6 Å². The number of nitrogens with zero attached hydrogens (tertiary/aromatic N) is 2. The van der Waals surface area contributed by atoms with Crippen molar-refractivity contribution in [3.05, 3.63) is 58.3 Å². The molecule has 27 heavy (non-hydrogen) atoms. The van der Waals surface area contributed by atoms with Gasteiger partial charge in [0.1, 0.15) is 0 Å². The summed E-state index contributed by atoms with van der Waals surface area (Å²) in [6, 6.07) is 8.24. The van der Waals surface area contributed by atoms with Gasteiger partial charge < -0.3 is 5.32 Å². The largest absolute Gasteiger partial charge is 0.324 e. The lowest BCUT2D eigenvalue weighted by Gasteiger charge is -2.31. The number of carbonyl (C=O) groups is 1. The molecule has 2 aromatic rings. The fourth-order valence-electron chi connectivity index (χ4n) is 3.02. The van der Waals surface area contributed by atoms with Gasteiger partial charge in [-0.25, -0.2) is 12.7 Å². The number of nitrogens with one attached hydrogen (secondary N) is 1. The molecule has 1 amide bonds. The first-order valence-electron chi connectivity index (χ1n) is 8.48. The Morgan fingerprint density at radius 3 is 2.78 bits per heavy atom. The first-order valence-corrected chi connectivity index (χ1v) is 10.8. The fraction of sp³-hybridized carbons (Fsp3) is 0.333. The van der Waals surface area contributed by atoms with Crippen molar-refractivity contribution in [1.29, 1.82) is 0 Å². The topological polar surface area (TPSA) is 79.4 Å². The zero-order valence-electron chi connectivity index (χ0n) is 14.4. The minimum absolute atomic E-state index is 0.162. The molecule has 1 aliphatic heterocycles. The first kappa shape index (κ1) is 20.1. The highest BCUT2D eigenvalue weighted by Gasteiger charge is 2.32. The number of halogens is 2. The number of piperidine rings is 1. The number of pyridine rings is 1. The molecule has 0 bridgehead atoms. The SMILES string of the molecule is O=C(Nc1cccnc1)[C@@H]1CCCN(S(=O)(=O)Cc2ccc(Cl)c(Cl)c2)C1. The Bertz CT molecular complexity index is 923. The van der Waals surface area contributed by atoms with Crippen LogP contribution in [-0.2, 0) is 20.6 Å². The zero-order valence-corrected chi connectivity index (χ0v) is 16.8. The van der Waals surface area contributed by atoms with Gasteiger partial charge in [0.25, 0.3) is 0 Å². The van der Waals surface area contributed by atoms with E-state index in [4.69, 9.17) is 23.2 Å². The third kappa shape index (κ3) is 5.19. The summed E-state index contributed by atoms with van der Waals surface area (Å²) >= 11 is 11.9. The summed E-state index contributed by atoms with van der Waals surface area (Å²) < 4.78 is 27.0. The molecule has 144 valence electrons. The van der Waals surface area contributed by atoms with E-state index in [0.29, 0.717) is 40.7 Å². The van der Waals surface area contributed by atoms with E-state index in [1.807, 2.05) is 0 Å². The summed E-state index contributed by atoms with van der Waals surface area (Å²) in [6.45, 7) is 0.566. The van der Waals surface area contributed by atoms with Crippen molar-refractivity contribution < 1.29 is 13.2 Å². The highest BCUT2D eigenvalue weighted by Crippen LogP contribution is 2.26. The van der Waals surface area contributed by atoms with Crippen LogP contribution in [0.2, 0.25) is 10.0 Å². The summed E-state index contributed by atoms with van der Waals surface area (Å²) in [7, 11) is -3.57. The first-order chi connectivity index (χ1) is 12.8. The molecule has 0 spiro atoms. The summed E-state index contributed by atoms with van der Waals surface area (Å²) in [5.41, 5.74) is 1.16. The van der Waals surface area contributed by atoms with Gasteiger partial charge in [0.2, 0.25) is 15.9 Å². The van der Waals surface area contributed by atoms with Gasteiger partial charge in [-0.1, -0.05) is 29.3 Å². The van der Waals surface area contributed by atoms with Crippen molar-refractivity contribution in [3.8, 4) is 0 Å². The maximum Gasteiger partial charge on any atom is 0.228 e. The standard InChI is InChI=1S/C18H19Cl2N3O3S/c19-16-6-5-13(9-17(16)20)12-27(25,26)23-8-2-3-14(11-23)18(24)22-15-4-1-7-21-10-15/h1,4-7,9-10,14H,2-3,8,11-12H2,(H,22,24)/t14-/m1/s1. The van der Waals surface area contributed by atoms with Crippen molar-refractivity contribution in [3.63, 3.8) is 0 Å². The van der Waals surface area contributed by atoms with Crippen molar-refractivity contribution in [1.82, 2.24) is 9.29 Å². The minimum atomic E-state index is -3.57. The van der Waals surface area contributed by atoms with Gasteiger partial charge in [0.15, 0.2) is 0 Å². The van der Waals surface area contributed by atoms with Crippen molar-refractivity contribution in [2.45, 2.75) is 18.6 Å². The second kappa shape index (κ2) is 8.56. The van der Waals surface area contributed by atoms with E-state index in [2.05, 4.69) is 10.3 Å². The van der Waals surface area contributed by atoms with Crippen LogP contribution < -0.4 is 5.32 Å². The quantitative estimate of drug-likeness (QED) is 0.790. The van der Waals surface area contributed by atoms with Gasteiger partial charge in [-0.3, -0.25) is 9.78 Å². The number of carbonyl (C=O) groups excluding carboxylic acids is 1. The molecule has 0 aliphatic carbocycles. The number of rotatable bonds is 5. The van der Waals surface area contributed by atoms with Crippen LogP contribution in [0.15, 0.2) is 42.7 Å². The Hall–Kier alpha value is -1.67. The molecule has 1 fully saturated rings. The highest BCUT2D eigenvalue weighted by molar-refractivity contribution is 7.88. The van der Waals surface area contributed by atoms with Crippen LogP contribution in [0.25, 0.3) is 0 Å². The van der Waals surface area contributed by atoms with E-state index < -0.39 is 15.9 Å². The normalized spacial score (nSPS) is 18.2. The number of hydrogen-bond donors (Lipinski definition) is 1. The molecular weight excluding hydrogens is 409 g/mol. The molecule has 2 heterocycles. The van der Waals surface area contributed by atoms with Gasteiger partial charge >= 0.3 is 0 Å². The van der Waals surface area contributed by atoms with Crippen LogP contribution in [0.4, 0.5) is 5.69 Å². The predicted octanol–water partition coefficient (Wildman–Crippen LogP) is 3.57. The maximum atomic E-state index is 12.8. The zero-order chi connectivity index (χ0) is 19.4. The molecular formula is C18H19Cl2N3O3S. The van der Waals surface area contributed by atoms with Crippen LogP contribution in [0, 0.1) is 5.92 Å². The summed E-state index contributed by atoms with van der Waals surface area (Å²) in [4.78, 5) is 16.4. The third-order valence-electron chi connectivity index (χ3n) is 4.41. The van der Waals surface area contributed by atoms with Gasteiger partial charge in [-0.15, -0.1) is 0 Å². The molecule has 0 saturated carbocycles. The Morgan fingerprint density at radius 1 is 1.26 bits per heavy atom. The molecule has 1 aromatic heterocycles. The minimum Gasteiger partial charge on any atom is -0.324 e. The Kier molecular flexibility index (Phi) is 6.37. The average Bonchev–Trinajstić information content (AvgIpc) is 2.65. The maximum absolute atomic E-state index is 12.8. The molecule has 3 rings (SSSR count). The molecule has 1 aromatic carbocycles. The van der Waals surface area contributed by atoms with Crippen LogP contribution in [-0.4, -0.2) is 36.7 Å². The number of anilines is 1. The highest BCUT2D eigenvalue weighted by atomic mass is 35.5. The van der Waals surface area contributed by atoms with E-state index in [9.17, 15) is 13.2 Å². The molecule has 0 unspecified atom stereocenters. The molecule has 0 radical (unpaired) electrons. The Labute approximate surface area is 168 Å². The predicted molar refractivity (Wildman–Crippen MR) is 106 cm³/mol. The summed E-state index contributed by atoms with van der Waals surface area (Å²) in [5.74, 6) is -0.777. The molecule has 1 atom stereocenters. The van der Waals surface area contributed by atoms with Crippen LogP contribution in [0.5, 0.6) is 0 Å². The summed E-state index contributed by atoms with van der Waals surface area (Å²) in [6.07, 6.45) is 4.45.